The van der Waals surface area contributed by atoms with Gasteiger partial charge in [-0.05, 0) is 86.5 Å². The summed E-state index contributed by atoms with van der Waals surface area (Å²) in [5.41, 5.74) is -4.39. The maximum atomic E-state index is 15.0. The average Bonchev–Trinajstić information content (AvgIpc) is 3.27. The molecule has 2 N–H and O–H groups in total. The van der Waals surface area contributed by atoms with Gasteiger partial charge in [0.05, 0.1) is 0 Å². The topological polar surface area (TPSA) is 66.4 Å². The molecular weight excluding hydrogens is 686 g/mol. The minimum atomic E-state index is -6.62. The number of carbonyl (C=O) groups excluding carboxylic acids is 2. The van der Waals surface area contributed by atoms with Gasteiger partial charge in [0.25, 0.3) is 5.91 Å². The van der Waals surface area contributed by atoms with Crippen molar-refractivity contribution < 1.29 is 67.4 Å². The Labute approximate surface area is 276 Å². The van der Waals surface area contributed by atoms with Gasteiger partial charge in [0.1, 0.15) is 5.60 Å². The molecule has 0 aromatic heterocycles. The lowest BCUT2D eigenvalue weighted by Crippen LogP contribution is -2.66. The lowest BCUT2D eigenvalue weighted by Gasteiger charge is -2.62. The number of carbonyl (C=O) groups is 2. The number of alkyl halides is 12. The van der Waals surface area contributed by atoms with Gasteiger partial charge in [0.15, 0.2) is 5.78 Å². The lowest BCUT2D eigenvalue weighted by atomic mass is 9.43. The standard InChI is InChI=1S/C33H43F12NO3/c1-26-13-10-21(47)18-20(26)17-19(9-7-5-3-4-6-8-16-46-25(48)29(34,35)31(38,39)33(43,44)45)24-22(26)11-14-27(2)23(24)12-15-28(27,49)30(36,37)32(40,41)42/h18-19,22-24,49H,3-17H2,1-2H3,(H,46,48)/t19-,22?,23?,24?,26+,27+,28+/m1/s1. The Balaban J connectivity index is 1.36. The first-order chi connectivity index (χ1) is 22.3. The minimum absolute atomic E-state index is 0.00656. The molecule has 282 valence electrons. The van der Waals surface area contributed by atoms with Crippen LogP contribution in [0.4, 0.5) is 52.7 Å². The summed E-state index contributed by atoms with van der Waals surface area (Å²) in [5.74, 6) is -21.6. The molecule has 1 amide bonds. The van der Waals surface area contributed by atoms with Gasteiger partial charge in [-0.2, -0.15) is 52.7 Å². The molecule has 0 spiro atoms. The van der Waals surface area contributed by atoms with E-state index in [2.05, 4.69) is 0 Å². The van der Waals surface area contributed by atoms with Crippen molar-refractivity contribution in [2.75, 3.05) is 6.54 Å². The molecule has 0 heterocycles. The summed E-state index contributed by atoms with van der Waals surface area (Å²) in [4.78, 5) is 23.8. The molecule has 4 rings (SSSR count). The summed E-state index contributed by atoms with van der Waals surface area (Å²) in [5, 5.41) is 12.6. The molecule has 4 aliphatic rings. The highest BCUT2D eigenvalue weighted by molar-refractivity contribution is 5.91. The van der Waals surface area contributed by atoms with E-state index in [1.165, 1.54) is 12.2 Å². The summed E-state index contributed by atoms with van der Waals surface area (Å²) in [7, 11) is 0. The minimum Gasteiger partial charge on any atom is -0.383 e. The Kier molecular flexibility index (Phi) is 10.7. The molecule has 3 unspecified atom stereocenters. The fourth-order valence-corrected chi connectivity index (χ4v) is 9.64. The maximum absolute atomic E-state index is 15.0. The summed E-state index contributed by atoms with van der Waals surface area (Å²) >= 11 is 0. The number of ketones is 1. The Morgan fingerprint density at radius 2 is 1.39 bits per heavy atom. The fourth-order valence-electron chi connectivity index (χ4n) is 9.64. The van der Waals surface area contributed by atoms with Crippen LogP contribution < -0.4 is 5.32 Å². The molecule has 0 radical (unpaired) electrons. The van der Waals surface area contributed by atoms with Crippen molar-refractivity contribution in [2.45, 2.75) is 139 Å². The van der Waals surface area contributed by atoms with Crippen LogP contribution in [0.5, 0.6) is 0 Å². The predicted molar refractivity (Wildman–Crippen MR) is 153 cm³/mol. The third-order valence-corrected chi connectivity index (χ3v) is 12.5. The van der Waals surface area contributed by atoms with E-state index in [-0.39, 0.29) is 42.8 Å². The lowest BCUT2D eigenvalue weighted by molar-refractivity contribution is -0.364. The zero-order valence-corrected chi connectivity index (χ0v) is 27.3. The Morgan fingerprint density at radius 3 is 1.98 bits per heavy atom. The molecular formula is C33H43F12NO3. The van der Waals surface area contributed by atoms with Crippen molar-refractivity contribution in [3.05, 3.63) is 11.6 Å². The number of aliphatic hydroxyl groups is 1. The zero-order valence-electron chi connectivity index (χ0n) is 27.3. The van der Waals surface area contributed by atoms with Crippen LogP contribution in [0.15, 0.2) is 11.6 Å². The maximum Gasteiger partial charge on any atom is 0.460 e. The summed E-state index contributed by atoms with van der Waals surface area (Å²) in [6, 6.07) is 0. The largest absolute Gasteiger partial charge is 0.460 e. The van der Waals surface area contributed by atoms with E-state index in [4.69, 9.17) is 0 Å². The van der Waals surface area contributed by atoms with Crippen LogP contribution in [0.25, 0.3) is 0 Å². The van der Waals surface area contributed by atoms with Crippen molar-refractivity contribution in [3.63, 3.8) is 0 Å². The number of amides is 1. The van der Waals surface area contributed by atoms with Gasteiger partial charge in [-0.25, -0.2) is 0 Å². The summed E-state index contributed by atoms with van der Waals surface area (Å²) < 4.78 is 161. The van der Waals surface area contributed by atoms with Crippen LogP contribution >= 0.6 is 0 Å². The first-order valence-corrected chi connectivity index (χ1v) is 16.8. The van der Waals surface area contributed by atoms with Crippen LogP contribution in [0.1, 0.15) is 104 Å². The monoisotopic (exact) mass is 729 g/mol. The Hall–Kier alpha value is -2.00. The van der Waals surface area contributed by atoms with E-state index in [9.17, 15) is 67.4 Å². The highest BCUT2D eigenvalue weighted by Gasteiger charge is 2.79. The van der Waals surface area contributed by atoms with E-state index in [1.807, 2.05) is 6.92 Å². The Morgan fingerprint density at radius 1 is 0.816 bits per heavy atom. The molecule has 49 heavy (non-hydrogen) atoms. The average molecular weight is 730 g/mol. The molecule has 0 aromatic rings. The highest BCUT2D eigenvalue weighted by Crippen LogP contribution is 2.72. The molecule has 3 fully saturated rings. The number of allylic oxidation sites excluding steroid dienone is 1. The second kappa shape index (κ2) is 13.2. The summed E-state index contributed by atoms with van der Waals surface area (Å²) in [6.45, 7) is 2.86. The molecule has 0 aromatic carbocycles. The normalized spacial score (nSPS) is 34.2. The van der Waals surface area contributed by atoms with Gasteiger partial charge in [-0.15, -0.1) is 0 Å². The number of fused-ring (bicyclic) bond motifs is 5. The van der Waals surface area contributed by atoms with Crippen LogP contribution in [0.3, 0.4) is 0 Å². The van der Waals surface area contributed by atoms with Crippen LogP contribution in [-0.2, 0) is 9.59 Å². The SMILES string of the molecule is C[C@]12CCC(=O)C=C1C[C@@H](CCCCCCCCNC(=O)C(F)(F)C(F)(F)C(F)(F)F)C1C2CC[C@@]2(C)C1CC[C@@]2(O)C(F)(F)C(F)(F)F. The van der Waals surface area contributed by atoms with Crippen LogP contribution in [-0.4, -0.2) is 59.1 Å². The summed E-state index contributed by atoms with van der Waals surface area (Å²) in [6.07, 6.45) is -6.50. The van der Waals surface area contributed by atoms with Gasteiger partial charge >= 0.3 is 30.1 Å². The van der Waals surface area contributed by atoms with Gasteiger partial charge < -0.3 is 10.4 Å². The number of rotatable bonds is 12. The first kappa shape index (κ1) is 39.8. The number of unbranched alkanes of at least 4 members (excludes halogenated alkanes) is 5. The number of hydrogen-bond donors (Lipinski definition) is 2. The fraction of sp³-hybridized carbons (Fsp3) is 0.879. The number of hydrogen-bond acceptors (Lipinski definition) is 3. The Bertz CT molecular complexity index is 1280. The predicted octanol–water partition coefficient (Wildman–Crippen LogP) is 9.35. The number of nitrogens with one attached hydrogen (secondary N) is 1. The second-order valence-electron chi connectivity index (χ2n) is 15.0. The molecule has 7 atom stereocenters. The van der Waals surface area contributed by atoms with Crippen LogP contribution in [0.2, 0.25) is 0 Å². The van der Waals surface area contributed by atoms with E-state index in [0.717, 1.165) is 5.57 Å². The second-order valence-corrected chi connectivity index (χ2v) is 15.0. The molecule has 0 bridgehead atoms. The molecule has 16 heteroatoms. The number of halogens is 12. The van der Waals surface area contributed by atoms with Crippen molar-refractivity contribution in [1.82, 2.24) is 5.32 Å². The zero-order chi connectivity index (χ0) is 37.1. The molecule has 0 aliphatic heterocycles. The third kappa shape index (κ3) is 6.51. The molecule has 4 nitrogen and oxygen atoms in total. The van der Waals surface area contributed by atoms with Gasteiger partial charge in [-0.1, -0.05) is 51.5 Å². The van der Waals surface area contributed by atoms with Gasteiger partial charge in [0.2, 0.25) is 0 Å². The van der Waals surface area contributed by atoms with E-state index >= 15 is 0 Å². The third-order valence-electron chi connectivity index (χ3n) is 12.5. The molecule has 3 saturated carbocycles. The smallest absolute Gasteiger partial charge is 0.383 e. The van der Waals surface area contributed by atoms with Crippen molar-refractivity contribution in [1.29, 1.82) is 0 Å². The van der Waals surface area contributed by atoms with E-state index in [1.54, 1.807) is 6.08 Å². The highest BCUT2D eigenvalue weighted by atomic mass is 19.4. The molecule has 4 aliphatic carbocycles. The quantitative estimate of drug-likeness (QED) is 0.156. The van der Waals surface area contributed by atoms with Crippen molar-refractivity contribution in [2.24, 2.45) is 34.5 Å². The van der Waals surface area contributed by atoms with E-state index < -0.39 is 71.3 Å². The molecule has 0 saturated heterocycles. The van der Waals surface area contributed by atoms with Gasteiger partial charge in [0, 0.05) is 18.4 Å². The van der Waals surface area contributed by atoms with Crippen molar-refractivity contribution >= 4 is 11.7 Å². The van der Waals surface area contributed by atoms with Crippen molar-refractivity contribution in [3.8, 4) is 0 Å². The first-order valence-electron chi connectivity index (χ1n) is 16.8. The van der Waals surface area contributed by atoms with E-state index in [0.29, 0.717) is 64.2 Å². The van der Waals surface area contributed by atoms with Gasteiger partial charge in [-0.3, -0.25) is 9.59 Å². The van der Waals surface area contributed by atoms with Crippen LogP contribution in [0, 0.1) is 34.5 Å².